The molecule has 24 heavy (non-hydrogen) atoms. The zero-order valence-electron chi connectivity index (χ0n) is 15.4. The van der Waals surface area contributed by atoms with Gasteiger partial charge in [-0.3, -0.25) is 9.69 Å². The van der Waals surface area contributed by atoms with Crippen LogP contribution >= 0.6 is 0 Å². The van der Waals surface area contributed by atoms with E-state index < -0.39 is 6.04 Å². The number of piperidine rings is 1. The average Bonchev–Trinajstić information content (AvgIpc) is 2.54. The van der Waals surface area contributed by atoms with Crippen LogP contribution in [0.1, 0.15) is 51.2 Å². The molecule has 1 atom stereocenters. The molecule has 0 spiro atoms. The van der Waals surface area contributed by atoms with E-state index in [0.717, 1.165) is 24.4 Å². The predicted octanol–water partition coefficient (Wildman–Crippen LogP) is 2.91. The number of carbonyl (C=O) groups excluding carboxylic acids is 1. The molecule has 1 amide bonds. The molecule has 1 aromatic carbocycles. The summed E-state index contributed by atoms with van der Waals surface area (Å²) >= 11 is 0. The molecule has 4 nitrogen and oxygen atoms in total. The number of hydrogen-bond donors (Lipinski definition) is 2. The highest BCUT2D eigenvalue weighted by Gasteiger charge is 2.16. The van der Waals surface area contributed by atoms with Crippen LogP contribution in [-0.2, 0) is 17.9 Å². The number of nitrogens with one attached hydrogen (secondary N) is 1. The number of nitrogens with two attached hydrogens (primary N) is 1. The lowest BCUT2D eigenvalue weighted by Crippen LogP contribution is -2.41. The van der Waals surface area contributed by atoms with Gasteiger partial charge in [-0.1, -0.05) is 45.0 Å². The van der Waals surface area contributed by atoms with Crippen LogP contribution in [0.5, 0.6) is 0 Å². The Labute approximate surface area is 146 Å². The third kappa shape index (κ3) is 6.25. The average molecular weight is 332 g/mol. The summed E-state index contributed by atoms with van der Waals surface area (Å²) in [4.78, 5) is 14.6. The van der Waals surface area contributed by atoms with Crippen LogP contribution in [0.4, 0.5) is 0 Å². The molecular formula is C20H33N3O. The fourth-order valence-electron chi connectivity index (χ4n) is 3.25. The SMILES string of the molecule is CC(C)C[C@H](N)C(=O)NCc1cccc(CN2CCC(C)CC2)c1. The van der Waals surface area contributed by atoms with Crippen molar-refractivity contribution in [3.63, 3.8) is 0 Å². The second-order valence-corrected chi connectivity index (χ2v) is 7.73. The Kier molecular flexibility index (Phi) is 7.25. The Morgan fingerprint density at radius 2 is 1.96 bits per heavy atom. The molecule has 1 aliphatic rings. The fraction of sp³-hybridized carbons (Fsp3) is 0.650. The molecule has 3 N–H and O–H groups in total. The molecule has 0 aromatic heterocycles. The first kappa shape index (κ1) is 18.9. The minimum Gasteiger partial charge on any atom is -0.351 e. The zero-order valence-corrected chi connectivity index (χ0v) is 15.4. The Morgan fingerprint density at radius 1 is 1.29 bits per heavy atom. The van der Waals surface area contributed by atoms with Gasteiger partial charge in [-0.2, -0.15) is 0 Å². The highest BCUT2D eigenvalue weighted by molar-refractivity contribution is 5.81. The molecule has 0 radical (unpaired) electrons. The van der Waals surface area contributed by atoms with Crippen molar-refractivity contribution < 1.29 is 4.79 Å². The van der Waals surface area contributed by atoms with Gasteiger partial charge in [0.25, 0.3) is 0 Å². The minimum absolute atomic E-state index is 0.0564. The molecule has 1 heterocycles. The molecule has 0 bridgehead atoms. The minimum atomic E-state index is -0.413. The lowest BCUT2D eigenvalue weighted by Gasteiger charge is -2.30. The van der Waals surface area contributed by atoms with Gasteiger partial charge in [0, 0.05) is 13.1 Å². The van der Waals surface area contributed by atoms with Crippen LogP contribution < -0.4 is 11.1 Å². The van der Waals surface area contributed by atoms with Gasteiger partial charge in [0.05, 0.1) is 6.04 Å². The lowest BCUT2D eigenvalue weighted by atomic mass is 9.98. The topological polar surface area (TPSA) is 58.4 Å². The van der Waals surface area contributed by atoms with Crippen LogP contribution in [0, 0.1) is 11.8 Å². The molecule has 1 aliphatic heterocycles. The summed E-state index contributed by atoms with van der Waals surface area (Å²) in [5.41, 5.74) is 8.39. The van der Waals surface area contributed by atoms with Crippen molar-refractivity contribution in [3.8, 4) is 0 Å². The fourth-order valence-corrected chi connectivity index (χ4v) is 3.25. The Bertz CT molecular complexity index is 521. The van der Waals surface area contributed by atoms with E-state index in [0.29, 0.717) is 12.5 Å². The first-order chi connectivity index (χ1) is 11.4. The van der Waals surface area contributed by atoms with E-state index in [1.165, 1.54) is 31.5 Å². The summed E-state index contributed by atoms with van der Waals surface area (Å²) in [5.74, 6) is 1.23. The number of likely N-dealkylation sites (tertiary alicyclic amines) is 1. The Balaban J connectivity index is 1.83. The van der Waals surface area contributed by atoms with Crippen LogP contribution in [0.2, 0.25) is 0 Å². The van der Waals surface area contributed by atoms with E-state index >= 15 is 0 Å². The van der Waals surface area contributed by atoms with Crippen LogP contribution in [0.3, 0.4) is 0 Å². The quantitative estimate of drug-likeness (QED) is 0.808. The molecule has 0 unspecified atom stereocenters. The van der Waals surface area contributed by atoms with Gasteiger partial charge in [0.1, 0.15) is 0 Å². The molecule has 2 rings (SSSR count). The predicted molar refractivity (Wildman–Crippen MR) is 99.4 cm³/mol. The summed E-state index contributed by atoms with van der Waals surface area (Å²) < 4.78 is 0. The van der Waals surface area contributed by atoms with Crippen molar-refractivity contribution in [3.05, 3.63) is 35.4 Å². The van der Waals surface area contributed by atoms with Gasteiger partial charge in [-0.15, -0.1) is 0 Å². The summed E-state index contributed by atoms with van der Waals surface area (Å²) in [6, 6.07) is 8.11. The maximum atomic E-state index is 12.0. The first-order valence-corrected chi connectivity index (χ1v) is 9.27. The molecule has 1 fully saturated rings. The van der Waals surface area contributed by atoms with Crippen LogP contribution in [0.15, 0.2) is 24.3 Å². The Morgan fingerprint density at radius 3 is 2.62 bits per heavy atom. The highest BCUT2D eigenvalue weighted by Crippen LogP contribution is 2.18. The maximum Gasteiger partial charge on any atom is 0.237 e. The standard InChI is InChI=1S/C20H33N3O/c1-15(2)11-19(21)20(24)22-13-17-5-4-6-18(12-17)14-23-9-7-16(3)8-10-23/h4-6,12,15-16,19H,7-11,13-14,21H2,1-3H3,(H,22,24)/t19-/m0/s1. The highest BCUT2D eigenvalue weighted by atomic mass is 16.2. The molecule has 134 valence electrons. The zero-order chi connectivity index (χ0) is 17.5. The number of nitrogens with zero attached hydrogens (tertiary/aromatic N) is 1. The molecule has 4 heteroatoms. The number of hydrogen-bond acceptors (Lipinski definition) is 3. The van der Waals surface area contributed by atoms with Gasteiger partial charge < -0.3 is 11.1 Å². The summed E-state index contributed by atoms with van der Waals surface area (Å²) in [5, 5.41) is 2.96. The van der Waals surface area contributed by atoms with Crippen molar-refractivity contribution in [1.82, 2.24) is 10.2 Å². The normalized spacial score (nSPS) is 17.9. The third-order valence-electron chi connectivity index (χ3n) is 4.80. The lowest BCUT2D eigenvalue weighted by molar-refractivity contribution is -0.122. The smallest absolute Gasteiger partial charge is 0.237 e. The second kappa shape index (κ2) is 9.19. The number of benzene rings is 1. The number of rotatable bonds is 7. The van der Waals surface area contributed by atoms with E-state index in [1.807, 2.05) is 0 Å². The van der Waals surface area contributed by atoms with Crippen molar-refractivity contribution in [2.24, 2.45) is 17.6 Å². The first-order valence-electron chi connectivity index (χ1n) is 9.27. The van der Waals surface area contributed by atoms with Crippen molar-refractivity contribution in [1.29, 1.82) is 0 Å². The summed E-state index contributed by atoms with van der Waals surface area (Å²) in [6.07, 6.45) is 3.31. The number of amides is 1. The monoisotopic (exact) mass is 331 g/mol. The molecule has 0 aliphatic carbocycles. The van der Waals surface area contributed by atoms with Crippen molar-refractivity contribution in [2.75, 3.05) is 13.1 Å². The van der Waals surface area contributed by atoms with Crippen LogP contribution in [0.25, 0.3) is 0 Å². The Hall–Kier alpha value is -1.39. The molecule has 1 saturated heterocycles. The van der Waals surface area contributed by atoms with Gasteiger partial charge in [0.15, 0.2) is 0 Å². The van der Waals surface area contributed by atoms with Crippen molar-refractivity contribution in [2.45, 2.75) is 59.2 Å². The van der Waals surface area contributed by atoms with Crippen molar-refractivity contribution >= 4 is 5.91 Å². The van der Waals surface area contributed by atoms with Gasteiger partial charge in [-0.05, 0) is 55.3 Å². The van der Waals surface area contributed by atoms with E-state index in [1.54, 1.807) is 0 Å². The summed E-state index contributed by atoms with van der Waals surface area (Å²) in [6.45, 7) is 10.4. The van der Waals surface area contributed by atoms with E-state index in [2.05, 4.69) is 55.3 Å². The van der Waals surface area contributed by atoms with Gasteiger partial charge >= 0.3 is 0 Å². The van der Waals surface area contributed by atoms with E-state index in [9.17, 15) is 4.79 Å². The van der Waals surface area contributed by atoms with Gasteiger partial charge in [-0.25, -0.2) is 0 Å². The number of carbonyl (C=O) groups is 1. The summed E-state index contributed by atoms with van der Waals surface area (Å²) in [7, 11) is 0. The molecular weight excluding hydrogens is 298 g/mol. The molecule has 1 aromatic rings. The third-order valence-corrected chi connectivity index (χ3v) is 4.80. The van der Waals surface area contributed by atoms with E-state index in [4.69, 9.17) is 5.73 Å². The second-order valence-electron chi connectivity index (χ2n) is 7.73. The maximum absolute atomic E-state index is 12.0. The van der Waals surface area contributed by atoms with Gasteiger partial charge in [0.2, 0.25) is 5.91 Å². The van der Waals surface area contributed by atoms with E-state index in [-0.39, 0.29) is 5.91 Å². The van der Waals surface area contributed by atoms with Crippen LogP contribution in [-0.4, -0.2) is 29.9 Å². The molecule has 0 saturated carbocycles. The largest absolute Gasteiger partial charge is 0.351 e.